The van der Waals surface area contributed by atoms with Gasteiger partial charge in [0.25, 0.3) is 0 Å². The molecule has 0 saturated carbocycles. The van der Waals surface area contributed by atoms with Crippen molar-refractivity contribution in [1.29, 1.82) is 0 Å². The Kier molecular flexibility index (Phi) is 3.78. The van der Waals surface area contributed by atoms with Crippen molar-refractivity contribution in [1.82, 2.24) is 0 Å². The number of benzene rings is 2. The number of hydrazone groups is 1. The first kappa shape index (κ1) is 12.6. The average molecular weight is 255 g/mol. The van der Waals surface area contributed by atoms with Gasteiger partial charge in [0.15, 0.2) is 0 Å². The molecular weight excluding hydrogens is 244 g/mol. The van der Waals surface area contributed by atoms with Crippen LogP contribution in [-0.2, 0) is 0 Å². The summed E-state index contributed by atoms with van der Waals surface area (Å²) in [5, 5.41) is 23.8. The van der Waals surface area contributed by atoms with Gasteiger partial charge in [-0.15, -0.1) is 5.75 Å². The molecule has 0 heterocycles. The first-order valence-corrected chi connectivity index (χ1v) is 5.55. The van der Waals surface area contributed by atoms with Gasteiger partial charge in [-0.3, -0.25) is 5.43 Å². The molecule has 0 fully saturated rings. The molecule has 0 spiro atoms. The van der Waals surface area contributed by atoms with Crippen molar-refractivity contribution >= 4 is 17.9 Å². The molecule has 0 unspecified atom stereocenters. The molecule has 0 radical (unpaired) electrons. The predicted octanol–water partition coefficient (Wildman–Crippen LogP) is 1.90. The number of carboxylic acid groups (broad SMARTS) is 1. The van der Waals surface area contributed by atoms with Crippen LogP contribution in [0.4, 0.5) is 5.69 Å². The molecule has 0 aromatic heterocycles. The highest BCUT2D eigenvalue weighted by atomic mass is 16.4. The standard InChI is InChI=1S/C14H12N2O3/c17-13-3-1-2-10(8-13)9-15-16-12-6-4-11(5-7-12)14(18)19/h1-9,16-17H,(H,18,19)/p-1/b15-9-. The molecule has 0 atom stereocenters. The lowest BCUT2D eigenvalue weighted by Gasteiger charge is -2.04. The molecule has 0 saturated heterocycles. The zero-order valence-electron chi connectivity index (χ0n) is 9.91. The fraction of sp³-hybridized carbons (Fsp3) is 0. The lowest BCUT2D eigenvalue weighted by molar-refractivity contribution is -0.268. The summed E-state index contributed by atoms with van der Waals surface area (Å²) in [6.07, 6.45) is 1.52. The van der Waals surface area contributed by atoms with Gasteiger partial charge in [-0.05, 0) is 29.8 Å². The van der Waals surface area contributed by atoms with Crippen molar-refractivity contribution in [2.24, 2.45) is 5.10 Å². The third-order valence-corrected chi connectivity index (χ3v) is 2.40. The minimum absolute atomic E-state index is 0.0743. The Balaban J connectivity index is 2.00. The number of hydrogen-bond acceptors (Lipinski definition) is 4. The third-order valence-electron chi connectivity index (χ3n) is 2.40. The second-order valence-corrected chi connectivity index (χ2v) is 3.82. The van der Waals surface area contributed by atoms with Gasteiger partial charge in [0, 0.05) is 0 Å². The highest BCUT2D eigenvalue weighted by molar-refractivity contribution is 5.88. The van der Waals surface area contributed by atoms with E-state index >= 15 is 0 Å². The number of nitrogens with zero attached hydrogens (tertiary/aromatic N) is 1. The minimum Gasteiger partial charge on any atom is -0.872 e. The van der Waals surface area contributed by atoms with Crippen LogP contribution in [-0.4, -0.2) is 17.3 Å². The van der Waals surface area contributed by atoms with Gasteiger partial charge in [-0.2, -0.15) is 5.10 Å². The summed E-state index contributed by atoms with van der Waals surface area (Å²) in [6, 6.07) is 12.6. The van der Waals surface area contributed by atoms with E-state index < -0.39 is 5.97 Å². The number of hydrogen-bond donors (Lipinski definition) is 2. The molecule has 2 aromatic carbocycles. The van der Waals surface area contributed by atoms with Crippen LogP contribution < -0.4 is 10.5 Å². The monoisotopic (exact) mass is 255 g/mol. The molecule has 19 heavy (non-hydrogen) atoms. The van der Waals surface area contributed by atoms with Crippen LogP contribution in [0.3, 0.4) is 0 Å². The maximum atomic E-state index is 11.1. The van der Waals surface area contributed by atoms with Crippen molar-refractivity contribution in [3.05, 3.63) is 59.7 Å². The molecular formula is C14H11N2O3-. The molecule has 0 aliphatic rings. The summed E-state index contributed by atoms with van der Waals surface area (Å²) in [6.45, 7) is 0. The van der Waals surface area contributed by atoms with Crippen LogP contribution in [0, 0.1) is 0 Å². The Morgan fingerprint density at radius 2 is 1.95 bits per heavy atom. The molecule has 2 rings (SSSR count). The van der Waals surface area contributed by atoms with E-state index in [9.17, 15) is 9.90 Å². The zero-order chi connectivity index (χ0) is 13.7. The van der Waals surface area contributed by atoms with Gasteiger partial charge < -0.3 is 10.2 Å². The first-order chi connectivity index (χ1) is 9.15. The van der Waals surface area contributed by atoms with Gasteiger partial charge in [-0.25, -0.2) is 4.79 Å². The van der Waals surface area contributed by atoms with Gasteiger partial charge in [0.1, 0.15) is 0 Å². The normalized spacial score (nSPS) is 10.5. The summed E-state index contributed by atoms with van der Waals surface area (Å²) in [7, 11) is 0. The lowest BCUT2D eigenvalue weighted by atomic mass is 10.2. The Morgan fingerprint density at radius 3 is 2.58 bits per heavy atom. The maximum Gasteiger partial charge on any atom is 0.335 e. The van der Waals surface area contributed by atoms with Crippen LogP contribution in [0.15, 0.2) is 53.6 Å². The molecule has 5 nitrogen and oxygen atoms in total. The average Bonchev–Trinajstić information content (AvgIpc) is 2.39. The highest BCUT2D eigenvalue weighted by Crippen LogP contribution is 2.10. The largest absolute Gasteiger partial charge is 0.872 e. The maximum absolute atomic E-state index is 11.1. The summed E-state index contributed by atoms with van der Waals surface area (Å²) in [5.41, 5.74) is 4.33. The van der Waals surface area contributed by atoms with Gasteiger partial charge in [0.2, 0.25) is 0 Å². The van der Waals surface area contributed by atoms with E-state index in [0.29, 0.717) is 11.3 Å². The number of aromatic carboxylic acids is 1. The van der Waals surface area contributed by atoms with Crippen LogP contribution in [0.25, 0.3) is 0 Å². The van der Waals surface area contributed by atoms with Gasteiger partial charge in [-0.1, -0.05) is 24.3 Å². The van der Waals surface area contributed by atoms with E-state index in [1.165, 1.54) is 30.5 Å². The first-order valence-electron chi connectivity index (χ1n) is 5.55. The summed E-state index contributed by atoms with van der Waals surface area (Å²) in [5.74, 6) is -1.04. The fourth-order valence-electron chi connectivity index (χ4n) is 1.46. The Hall–Kier alpha value is -2.82. The Labute approximate surface area is 109 Å². The van der Waals surface area contributed by atoms with E-state index in [1.54, 1.807) is 24.3 Å². The number of rotatable bonds is 4. The van der Waals surface area contributed by atoms with Crippen LogP contribution in [0.5, 0.6) is 5.75 Å². The molecule has 2 N–H and O–H groups in total. The quantitative estimate of drug-likeness (QED) is 0.645. The predicted molar refractivity (Wildman–Crippen MR) is 70.5 cm³/mol. The second-order valence-electron chi connectivity index (χ2n) is 3.82. The van der Waals surface area contributed by atoms with Gasteiger partial charge in [0.05, 0.1) is 17.5 Å². The van der Waals surface area contributed by atoms with Crippen molar-refractivity contribution in [3.63, 3.8) is 0 Å². The highest BCUT2D eigenvalue weighted by Gasteiger charge is 2.00. The molecule has 5 heteroatoms. The van der Waals surface area contributed by atoms with Crippen molar-refractivity contribution in [3.8, 4) is 5.75 Å². The van der Waals surface area contributed by atoms with E-state index in [4.69, 9.17) is 5.11 Å². The molecule has 0 aliphatic carbocycles. The Bertz CT molecular complexity index is 606. The number of anilines is 1. The minimum atomic E-state index is -0.970. The molecule has 0 amide bonds. The number of nitrogens with one attached hydrogen (secondary N) is 1. The molecule has 2 aromatic rings. The van der Waals surface area contributed by atoms with Crippen LogP contribution >= 0.6 is 0 Å². The third kappa shape index (κ3) is 3.57. The summed E-state index contributed by atoms with van der Waals surface area (Å²) >= 11 is 0. The number of carbonyl (C=O) groups is 1. The van der Waals surface area contributed by atoms with Crippen molar-refractivity contribution in [2.45, 2.75) is 0 Å². The zero-order valence-corrected chi connectivity index (χ0v) is 9.91. The molecule has 0 aliphatic heterocycles. The topological polar surface area (TPSA) is 84.8 Å². The van der Waals surface area contributed by atoms with E-state index in [0.717, 1.165) is 0 Å². The molecule has 96 valence electrons. The Morgan fingerprint density at radius 1 is 1.21 bits per heavy atom. The van der Waals surface area contributed by atoms with Crippen LogP contribution in [0.1, 0.15) is 15.9 Å². The smallest absolute Gasteiger partial charge is 0.335 e. The summed E-state index contributed by atoms with van der Waals surface area (Å²) < 4.78 is 0. The summed E-state index contributed by atoms with van der Waals surface area (Å²) in [4.78, 5) is 10.7. The molecule has 0 bridgehead atoms. The van der Waals surface area contributed by atoms with E-state index in [1.807, 2.05) is 0 Å². The van der Waals surface area contributed by atoms with Crippen molar-refractivity contribution < 1.29 is 15.0 Å². The van der Waals surface area contributed by atoms with Gasteiger partial charge >= 0.3 is 5.97 Å². The SMILES string of the molecule is O=C(O)c1ccc(N/N=C\c2cccc([O-])c2)cc1. The second kappa shape index (κ2) is 5.68. The number of carboxylic acids is 1. The van der Waals surface area contributed by atoms with Crippen LogP contribution in [0.2, 0.25) is 0 Å². The van der Waals surface area contributed by atoms with E-state index in [-0.39, 0.29) is 11.3 Å². The lowest BCUT2D eigenvalue weighted by Crippen LogP contribution is -1.96. The van der Waals surface area contributed by atoms with E-state index in [2.05, 4.69) is 10.5 Å². The fourth-order valence-corrected chi connectivity index (χ4v) is 1.46. The van der Waals surface area contributed by atoms with Crippen molar-refractivity contribution in [2.75, 3.05) is 5.43 Å².